The summed E-state index contributed by atoms with van der Waals surface area (Å²) in [5.74, 6) is 1.60. The Morgan fingerprint density at radius 2 is 1.90 bits per heavy atom. The lowest BCUT2D eigenvalue weighted by Crippen LogP contribution is -2.04. The molecule has 1 heterocycles. The second-order valence-corrected chi connectivity index (χ2v) is 5.89. The van der Waals surface area contributed by atoms with Crippen molar-refractivity contribution in [1.29, 1.82) is 0 Å². The molecule has 0 saturated heterocycles. The minimum Gasteiger partial charge on any atom is -0.296 e. The molecule has 3 aromatic rings. The summed E-state index contributed by atoms with van der Waals surface area (Å²) in [4.78, 5) is 4.79. The fourth-order valence-corrected chi connectivity index (χ4v) is 2.91. The third kappa shape index (κ3) is 2.44. The molecule has 0 bridgehead atoms. The van der Waals surface area contributed by atoms with E-state index in [1.807, 2.05) is 0 Å². The molecule has 0 amide bonds. The zero-order valence-electron chi connectivity index (χ0n) is 12.7. The van der Waals surface area contributed by atoms with E-state index in [4.69, 9.17) is 16.6 Å². The van der Waals surface area contributed by atoms with Gasteiger partial charge in [-0.05, 0) is 55.7 Å². The van der Waals surface area contributed by atoms with Crippen molar-refractivity contribution in [2.24, 2.45) is 0 Å². The van der Waals surface area contributed by atoms with Crippen LogP contribution in [0.25, 0.3) is 16.7 Å². The van der Waals surface area contributed by atoms with Crippen LogP contribution in [0.2, 0.25) is 0 Å². The first-order chi connectivity index (χ1) is 10.1. The van der Waals surface area contributed by atoms with Gasteiger partial charge in [-0.25, -0.2) is 4.98 Å². The van der Waals surface area contributed by atoms with Crippen LogP contribution in [-0.2, 0) is 6.42 Å². The van der Waals surface area contributed by atoms with E-state index in [-0.39, 0.29) is 0 Å². The number of alkyl halides is 1. The van der Waals surface area contributed by atoms with E-state index < -0.39 is 0 Å². The highest BCUT2D eigenvalue weighted by Crippen LogP contribution is 2.26. The molecule has 21 heavy (non-hydrogen) atoms. The molecule has 0 aliphatic rings. The number of hydrogen-bond acceptors (Lipinski definition) is 1. The van der Waals surface area contributed by atoms with Crippen molar-refractivity contribution in [2.45, 2.75) is 27.2 Å². The highest BCUT2D eigenvalue weighted by Gasteiger charge is 2.14. The topological polar surface area (TPSA) is 17.8 Å². The van der Waals surface area contributed by atoms with Crippen LogP contribution in [0.15, 0.2) is 36.4 Å². The average molecular weight is 299 g/mol. The molecule has 0 atom stereocenters. The molecular weight excluding hydrogens is 280 g/mol. The van der Waals surface area contributed by atoms with E-state index in [1.54, 1.807) is 0 Å². The maximum atomic E-state index is 5.97. The van der Waals surface area contributed by atoms with E-state index in [0.717, 1.165) is 23.3 Å². The van der Waals surface area contributed by atoms with Gasteiger partial charge in [-0.3, -0.25) is 4.57 Å². The number of benzene rings is 2. The SMILES string of the molecule is Cc1ccc2c(c1)nc(CCCl)n2-c1cccc(C)c1C. The second kappa shape index (κ2) is 5.53. The third-order valence-electron chi connectivity index (χ3n) is 4.01. The van der Waals surface area contributed by atoms with Crippen molar-refractivity contribution < 1.29 is 0 Å². The summed E-state index contributed by atoms with van der Waals surface area (Å²) in [5, 5.41) is 0. The lowest BCUT2D eigenvalue weighted by atomic mass is 10.1. The summed E-state index contributed by atoms with van der Waals surface area (Å²) in [6.07, 6.45) is 0.767. The van der Waals surface area contributed by atoms with E-state index in [2.05, 4.69) is 61.7 Å². The maximum Gasteiger partial charge on any atom is 0.115 e. The second-order valence-electron chi connectivity index (χ2n) is 5.51. The van der Waals surface area contributed by atoms with Crippen molar-refractivity contribution in [2.75, 3.05) is 5.88 Å². The number of fused-ring (bicyclic) bond motifs is 1. The lowest BCUT2D eigenvalue weighted by molar-refractivity contribution is 0.905. The average Bonchev–Trinajstić information content (AvgIpc) is 2.79. The minimum atomic E-state index is 0.577. The maximum absolute atomic E-state index is 5.97. The van der Waals surface area contributed by atoms with Gasteiger partial charge in [0.2, 0.25) is 0 Å². The van der Waals surface area contributed by atoms with Gasteiger partial charge < -0.3 is 0 Å². The molecule has 0 unspecified atom stereocenters. The fourth-order valence-electron chi connectivity index (χ4n) is 2.74. The predicted molar refractivity (Wildman–Crippen MR) is 89.7 cm³/mol. The molecular formula is C18H19ClN2. The largest absolute Gasteiger partial charge is 0.296 e. The molecule has 0 saturated carbocycles. The van der Waals surface area contributed by atoms with Gasteiger partial charge in [0, 0.05) is 12.3 Å². The van der Waals surface area contributed by atoms with Crippen molar-refractivity contribution in [3.8, 4) is 5.69 Å². The van der Waals surface area contributed by atoms with E-state index in [1.165, 1.54) is 22.4 Å². The highest BCUT2D eigenvalue weighted by molar-refractivity contribution is 6.17. The first-order valence-electron chi connectivity index (χ1n) is 7.22. The van der Waals surface area contributed by atoms with Gasteiger partial charge in [-0.1, -0.05) is 18.2 Å². The summed E-state index contributed by atoms with van der Waals surface area (Å²) in [6, 6.07) is 12.8. The summed E-state index contributed by atoms with van der Waals surface area (Å²) in [5.41, 5.74) is 7.18. The number of hydrogen-bond donors (Lipinski definition) is 0. The molecule has 0 spiro atoms. The predicted octanol–water partition coefficient (Wildman–Crippen LogP) is 4.73. The first kappa shape index (κ1) is 14.2. The summed E-state index contributed by atoms with van der Waals surface area (Å²) in [7, 11) is 0. The molecule has 1 aromatic heterocycles. The Labute approximate surface area is 130 Å². The lowest BCUT2D eigenvalue weighted by Gasteiger charge is -2.13. The zero-order chi connectivity index (χ0) is 15.0. The normalized spacial score (nSPS) is 11.2. The number of halogens is 1. The molecule has 0 aliphatic heterocycles. The van der Waals surface area contributed by atoms with Crippen LogP contribution in [0, 0.1) is 20.8 Å². The van der Waals surface area contributed by atoms with Gasteiger partial charge >= 0.3 is 0 Å². The number of imidazole rings is 1. The Kier molecular flexibility index (Phi) is 3.73. The Bertz CT molecular complexity index is 802. The number of aryl methyl sites for hydroxylation is 3. The quantitative estimate of drug-likeness (QED) is 0.639. The van der Waals surface area contributed by atoms with Crippen molar-refractivity contribution in [3.63, 3.8) is 0 Å². The molecule has 3 heteroatoms. The molecule has 0 radical (unpaired) electrons. The van der Waals surface area contributed by atoms with Crippen LogP contribution < -0.4 is 0 Å². The molecule has 0 N–H and O–H groups in total. The molecule has 2 nitrogen and oxygen atoms in total. The highest BCUT2D eigenvalue weighted by atomic mass is 35.5. The van der Waals surface area contributed by atoms with Crippen LogP contribution in [-0.4, -0.2) is 15.4 Å². The van der Waals surface area contributed by atoms with Crippen LogP contribution in [0.1, 0.15) is 22.5 Å². The smallest absolute Gasteiger partial charge is 0.115 e. The van der Waals surface area contributed by atoms with Gasteiger partial charge in [-0.15, -0.1) is 11.6 Å². The van der Waals surface area contributed by atoms with Gasteiger partial charge in [-0.2, -0.15) is 0 Å². The van der Waals surface area contributed by atoms with Gasteiger partial charge in [0.15, 0.2) is 0 Å². The standard InChI is InChI=1S/C18H19ClN2/c1-12-7-8-17-15(11-12)20-18(9-10-19)21(17)16-6-4-5-13(2)14(16)3/h4-8,11H,9-10H2,1-3H3. The summed E-state index contributed by atoms with van der Waals surface area (Å²) in [6.45, 7) is 6.40. The van der Waals surface area contributed by atoms with Crippen molar-refractivity contribution in [3.05, 3.63) is 58.9 Å². The Morgan fingerprint density at radius 3 is 2.67 bits per heavy atom. The van der Waals surface area contributed by atoms with E-state index >= 15 is 0 Å². The van der Waals surface area contributed by atoms with Gasteiger partial charge in [0.25, 0.3) is 0 Å². The van der Waals surface area contributed by atoms with Crippen LogP contribution in [0.4, 0.5) is 0 Å². The van der Waals surface area contributed by atoms with Crippen LogP contribution in [0.5, 0.6) is 0 Å². The van der Waals surface area contributed by atoms with Crippen LogP contribution in [0.3, 0.4) is 0 Å². The minimum absolute atomic E-state index is 0.577. The molecule has 0 aliphatic carbocycles. The Morgan fingerprint density at radius 1 is 1.10 bits per heavy atom. The molecule has 108 valence electrons. The first-order valence-corrected chi connectivity index (χ1v) is 7.76. The molecule has 2 aromatic carbocycles. The number of rotatable bonds is 3. The Hall–Kier alpha value is -1.80. The fraction of sp³-hybridized carbons (Fsp3) is 0.278. The molecule has 3 rings (SSSR count). The number of nitrogens with zero attached hydrogens (tertiary/aromatic N) is 2. The summed E-state index contributed by atoms with van der Waals surface area (Å²) < 4.78 is 2.25. The monoisotopic (exact) mass is 298 g/mol. The van der Waals surface area contributed by atoms with E-state index in [9.17, 15) is 0 Å². The third-order valence-corrected chi connectivity index (χ3v) is 4.20. The Balaban J connectivity index is 2.33. The van der Waals surface area contributed by atoms with E-state index in [0.29, 0.717) is 5.88 Å². The van der Waals surface area contributed by atoms with Crippen LogP contribution >= 0.6 is 11.6 Å². The van der Waals surface area contributed by atoms with Crippen molar-refractivity contribution >= 4 is 22.6 Å². The summed E-state index contributed by atoms with van der Waals surface area (Å²) >= 11 is 5.97. The van der Waals surface area contributed by atoms with Gasteiger partial charge in [0.05, 0.1) is 16.7 Å². The number of aromatic nitrogens is 2. The molecule has 0 fully saturated rings. The zero-order valence-corrected chi connectivity index (χ0v) is 13.4. The van der Waals surface area contributed by atoms with Crippen molar-refractivity contribution in [1.82, 2.24) is 9.55 Å². The van der Waals surface area contributed by atoms with Gasteiger partial charge in [0.1, 0.15) is 5.82 Å².